The van der Waals surface area contributed by atoms with Crippen LogP contribution in [0.5, 0.6) is 0 Å². The molecule has 9 nitrogen and oxygen atoms in total. The topological polar surface area (TPSA) is 113 Å². The highest BCUT2D eigenvalue weighted by atomic mass is 32.2. The fraction of sp³-hybridized carbons (Fsp3) is 0.476. The van der Waals surface area contributed by atoms with Gasteiger partial charge in [-0.1, -0.05) is 18.6 Å². The van der Waals surface area contributed by atoms with Crippen LogP contribution in [0.3, 0.4) is 0 Å². The lowest BCUT2D eigenvalue weighted by Gasteiger charge is -2.32. The standard InChI is InChI=1S/C21H26N6O3S/c1-25-11-13-26(14-12-25)21-23-19(18(15-22)20(28)24-21)16-5-7-17(8-6-16)31(29,30)27-9-3-2-4-10-27/h5-8H,2-4,9-14H2,1H3,(H,23,24,28). The van der Waals surface area contributed by atoms with E-state index in [1.807, 2.05) is 18.0 Å². The first-order chi connectivity index (χ1) is 14.9. The third-order valence-electron chi connectivity index (χ3n) is 5.90. The second kappa shape index (κ2) is 8.78. The maximum absolute atomic E-state index is 12.9. The summed E-state index contributed by atoms with van der Waals surface area (Å²) in [5, 5.41) is 9.52. The van der Waals surface area contributed by atoms with Crippen molar-refractivity contribution in [1.29, 1.82) is 5.26 Å². The molecule has 2 fully saturated rings. The van der Waals surface area contributed by atoms with Crippen molar-refractivity contribution in [2.24, 2.45) is 0 Å². The molecular weight excluding hydrogens is 416 g/mol. The van der Waals surface area contributed by atoms with E-state index >= 15 is 0 Å². The van der Waals surface area contributed by atoms with Crippen LogP contribution < -0.4 is 10.5 Å². The third kappa shape index (κ3) is 4.35. The number of likely N-dealkylation sites (N-methyl/N-ethyl adjacent to an activating group) is 1. The maximum atomic E-state index is 12.9. The van der Waals surface area contributed by atoms with Crippen LogP contribution in [0, 0.1) is 11.3 Å². The smallest absolute Gasteiger partial charge is 0.270 e. The Morgan fingerprint density at radius 3 is 2.26 bits per heavy atom. The molecule has 2 aliphatic rings. The fourth-order valence-corrected chi connectivity index (χ4v) is 5.50. The predicted molar refractivity (Wildman–Crippen MR) is 117 cm³/mol. The number of H-pyrrole nitrogens is 1. The number of anilines is 1. The molecule has 1 aromatic carbocycles. The number of piperidine rings is 1. The summed E-state index contributed by atoms with van der Waals surface area (Å²) >= 11 is 0. The van der Waals surface area contributed by atoms with Gasteiger partial charge in [-0.2, -0.15) is 9.57 Å². The van der Waals surface area contributed by atoms with Gasteiger partial charge >= 0.3 is 0 Å². The molecule has 2 aliphatic heterocycles. The van der Waals surface area contributed by atoms with Crippen LogP contribution in [0.4, 0.5) is 5.95 Å². The number of aromatic nitrogens is 2. The Balaban J connectivity index is 1.67. The molecule has 0 amide bonds. The second-order valence-electron chi connectivity index (χ2n) is 8.00. The van der Waals surface area contributed by atoms with Crippen molar-refractivity contribution in [1.82, 2.24) is 19.2 Å². The quantitative estimate of drug-likeness (QED) is 0.758. The third-order valence-corrected chi connectivity index (χ3v) is 7.81. The largest absolute Gasteiger partial charge is 0.340 e. The van der Waals surface area contributed by atoms with E-state index in [1.165, 1.54) is 16.4 Å². The molecule has 0 aliphatic carbocycles. The summed E-state index contributed by atoms with van der Waals surface area (Å²) in [5.41, 5.74) is 0.230. The molecule has 2 aromatic rings. The number of hydrogen-bond donors (Lipinski definition) is 1. The monoisotopic (exact) mass is 442 g/mol. The molecule has 0 atom stereocenters. The van der Waals surface area contributed by atoms with E-state index in [0.717, 1.165) is 45.4 Å². The lowest BCUT2D eigenvalue weighted by molar-refractivity contribution is 0.311. The van der Waals surface area contributed by atoms with E-state index in [2.05, 4.69) is 14.9 Å². The number of nitrogens with one attached hydrogen (secondary N) is 1. The van der Waals surface area contributed by atoms with Gasteiger partial charge in [-0.25, -0.2) is 13.4 Å². The van der Waals surface area contributed by atoms with Gasteiger partial charge in [0.05, 0.1) is 10.6 Å². The summed E-state index contributed by atoms with van der Waals surface area (Å²) in [6, 6.07) is 8.23. The summed E-state index contributed by atoms with van der Waals surface area (Å²) in [7, 11) is -1.51. The number of hydrogen-bond acceptors (Lipinski definition) is 7. The van der Waals surface area contributed by atoms with E-state index in [4.69, 9.17) is 0 Å². The predicted octanol–water partition coefficient (Wildman–Crippen LogP) is 1.23. The second-order valence-corrected chi connectivity index (χ2v) is 9.94. The van der Waals surface area contributed by atoms with E-state index in [1.54, 1.807) is 12.1 Å². The van der Waals surface area contributed by atoms with E-state index in [-0.39, 0.29) is 16.2 Å². The van der Waals surface area contributed by atoms with E-state index in [0.29, 0.717) is 24.6 Å². The number of aromatic amines is 1. The van der Waals surface area contributed by atoms with Crippen molar-refractivity contribution >= 4 is 16.0 Å². The molecule has 1 aromatic heterocycles. The first-order valence-electron chi connectivity index (χ1n) is 10.5. The van der Waals surface area contributed by atoms with Gasteiger partial charge in [-0.15, -0.1) is 0 Å². The van der Waals surface area contributed by atoms with Gasteiger partial charge < -0.3 is 9.80 Å². The molecule has 2 saturated heterocycles. The van der Waals surface area contributed by atoms with Crippen LogP contribution in [0.1, 0.15) is 24.8 Å². The van der Waals surface area contributed by atoms with Crippen LogP contribution in [0.2, 0.25) is 0 Å². The molecular formula is C21H26N6O3S. The van der Waals surface area contributed by atoms with Gasteiger partial charge in [-0.05, 0) is 32.0 Å². The lowest BCUT2D eigenvalue weighted by Crippen LogP contribution is -2.45. The highest BCUT2D eigenvalue weighted by Gasteiger charge is 2.26. The minimum absolute atomic E-state index is 0.0792. The Morgan fingerprint density at radius 2 is 1.65 bits per heavy atom. The highest BCUT2D eigenvalue weighted by Crippen LogP contribution is 2.26. The average Bonchev–Trinajstić information content (AvgIpc) is 2.79. The van der Waals surface area contributed by atoms with Crippen molar-refractivity contribution in [2.45, 2.75) is 24.2 Å². The van der Waals surface area contributed by atoms with Gasteiger partial charge in [0.2, 0.25) is 16.0 Å². The molecule has 164 valence electrons. The van der Waals surface area contributed by atoms with Gasteiger partial charge in [0.1, 0.15) is 11.6 Å². The van der Waals surface area contributed by atoms with Crippen molar-refractivity contribution in [3.8, 4) is 17.3 Å². The van der Waals surface area contributed by atoms with E-state index < -0.39 is 15.6 Å². The molecule has 3 heterocycles. The van der Waals surface area contributed by atoms with Gasteiger partial charge in [-0.3, -0.25) is 9.78 Å². The number of rotatable bonds is 4. The molecule has 4 rings (SSSR count). The first kappa shape index (κ1) is 21.5. The van der Waals surface area contributed by atoms with Crippen LogP contribution in [-0.4, -0.2) is 73.9 Å². The van der Waals surface area contributed by atoms with Crippen LogP contribution in [0.15, 0.2) is 34.0 Å². The molecule has 0 bridgehead atoms. The van der Waals surface area contributed by atoms with Crippen molar-refractivity contribution < 1.29 is 8.42 Å². The summed E-state index contributed by atoms with van der Waals surface area (Å²) in [6.07, 6.45) is 2.79. The van der Waals surface area contributed by atoms with Crippen molar-refractivity contribution in [2.75, 3.05) is 51.2 Å². The normalized spacial score (nSPS) is 18.6. The lowest BCUT2D eigenvalue weighted by atomic mass is 10.1. The molecule has 1 N–H and O–H groups in total. The van der Waals surface area contributed by atoms with Gasteiger partial charge in [0.25, 0.3) is 5.56 Å². The molecule has 10 heteroatoms. The summed E-state index contributed by atoms with van der Waals surface area (Å²) in [5.74, 6) is 0.428. The fourth-order valence-electron chi connectivity index (χ4n) is 3.98. The average molecular weight is 443 g/mol. The van der Waals surface area contributed by atoms with Gasteiger partial charge in [0.15, 0.2) is 0 Å². The van der Waals surface area contributed by atoms with Gasteiger partial charge in [0, 0.05) is 44.8 Å². The maximum Gasteiger partial charge on any atom is 0.270 e. The minimum atomic E-state index is -3.55. The Hall–Kier alpha value is -2.74. The Kier molecular flexibility index (Phi) is 6.09. The molecule has 0 unspecified atom stereocenters. The summed E-state index contributed by atoms with van der Waals surface area (Å²) < 4.78 is 27.3. The zero-order valence-corrected chi connectivity index (χ0v) is 18.4. The Morgan fingerprint density at radius 1 is 1.00 bits per heavy atom. The Labute approximate surface area is 182 Å². The number of piperazine rings is 1. The highest BCUT2D eigenvalue weighted by molar-refractivity contribution is 7.89. The van der Waals surface area contributed by atoms with Crippen molar-refractivity contribution in [3.63, 3.8) is 0 Å². The molecule has 31 heavy (non-hydrogen) atoms. The number of benzene rings is 1. The molecule has 0 spiro atoms. The SMILES string of the molecule is CN1CCN(c2nc(-c3ccc(S(=O)(=O)N4CCCCC4)cc3)c(C#N)c(=O)[nH]2)CC1. The van der Waals surface area contributed by atoms with Crippen LogP contribution >= 0.6 is 0 Å². The molecule has 0 radical (unpaired) electrons. The number of nitriles is 1. The number of nitrogens with zero attached hydrogens (tertiary/aromatic N) is 5. The number of sulfonamides is 1. The van der Waals surface area contributed by atoms with Crippen molar-refractivity contribution in [3.05, 3.63) is 40.2 Å². The summed E-state index contributed by atoms with van der Waals surface area (Å²) in [6.45, 7) is 4.21. The van der Waals surface area contributed by atoms with Crippen LogP contribution in [0.25, 0.3) is 11.3 Å². The molecule has 0 saturated carbocycles. The zero-order chi connectivity index (χ0) is 22.0. The first-order valence-corrected chi connectivity index (χ1v) is 11.9. The van der Waals surface area contributed by atoms with E-state index in [9.17, 15) is 18.5 Å². The zero-order valence-electron chi connectivity index (χ0n) is 17.5. The minimum Gasteiger partial charge on any atom is -0.340 e. The van der Waals surface area contributed by atoms with Crippen LogP contribution in [-0.2, 0) is 10.0 Å². The Bertz CT molecular complexity index is 1140. The summed E-state index contributed by atoms with van der Waals surface area (Å²) in [4.78, 5) is 24.2.